The number of nitrogens with zero attached hydrogens (tertiary/aromatic N) is 2. The molecule has 1 heterocycles. The lowest BCUT2D eigenvalue weighted by Gasteiger charge is -2.13. The average molecular weight is 485 g/mol. The van der Waals surface area contributed by atoms with Crippen LogP contribution in [0, 0.1) is 23.5 Å². The Labute approximate surface area is 185 Å². The molecule has 0 atom stereocenters. The molecule has 0 spiro atoms. The van der Waals surface area contributed by atoms with Crippen LogP contribution in [0.1, 0.15) is 16.7 Å². The van der Waals surface area contributed by atoms with Crippen LogP contribution in [0.25, 0.3) is 0 Å². The summed E-state index contributed by atoms with van der Waals surface area (Å²) in [6.07, 6.45) is 2.52. The standard InChI is InChI=1S/C19H12Cl2F2N4O3S/c20-12-5-11(9-28)17(21)16(6-12)31(29,30)27-15-4-3-14(22)13(18(15)23)2-1-10-7-25-19(24)26-8-10/h3-8,27-28H,9H2,(H2,24,25,26). The number of nitrogens with two attached hydrogens (primary N) is 1. The number of aromatic nitrogens is 2. The maximum absolute atomic E-state index is 14.9. The zero-order chi connectivity index (χ0) is 22.8. The highest BCUT2D eigenvalue weighted by Crippen LogP contribution is 2.32. The molecule has 0 unspecified atom stereocenters. The second kappa shape index (κ2) is 9.03. The number of benzene rings is 2. The number of rotatable bonds is 4. The molecule has 12 heteroatoms. The van der Waals surface area contributed by atoms with Gasteiger partial charge >= 0.3 is 0 Å². The maximum atomic E-state index is 14.9. The van der Waals surface area contributed by atoms with E-state index in [2.05, 4.69) is 21.8 Å². The van der Waals surface area contributed by atoms with Crippen LogP contribution >= 0.6 is 23.2 Å². The van der Waals surface area contributed by atoms with E-state index in [4.69, 9.17) is 28.9 Å². The van der Waals surface area contributed by atoms with Gasteiger partial charge in [-0.15, -0.1) is 0 Å². The van der Waals surface area contributed by atoms with Gasteiger partial charge in [-0.25, -0.2) is 27.2 Å². The van der Waals surface area contributed by atoms with Gasteiger partial charge < -0.3 is 10.8 Å². The number of halogens is 4. The Morgan fingerprint density at radius 3 is 2.45 bits per heavy atom. The summed E-state index contributed by atoms with van der Waals surface area (Å²) in [6, 6.07) is 4.07. The molecule has 0 saturated heterocycles. The molecule has 3 aromatic rings. The minimum atomic E-state index is -4.45. The molecular weight excluding hydrogens is 473 g/mol. The Morgan fingerprint density at radius 2 is 1.81 bits per heavy atom. The van der Waals surface area contributed by atoms with Gasteiger partial charge in [-0.05, 0) is 29.8 Å². The first kappa shape index (κ1) is 22.7. The smallest absolute Gasteiger partial charge is 0.263 e. The second-order valence-corrected chi connectivity index (χ2v) is 8.47. The quantitative estimate of drug-likeness (QED) is 0.488. The van der Waals surface area contributed by atoms with Crippen molar-refractivity contribution in [2.45, 2.75) is 11.5 Å². The van der Waals surface area contributed by atoms with Crippen molar-refractivity contribution in [3.8, 4) is 11.8 Å². The lowest BCUT2D eigenvalue weighted by Crippen LogP contribution is -2.16. The van der Waals surface area contributed by atoms with Crippen molar-refractivity contribution < 1.29 is 22.3 Å². The first-order valence-electron chi connectivity index (χ1n) is 8.31. The zero-order valence-corrected chi connectivity index (χ0v) is 17.7. The van der Waals surface area contributed by atoms with Gasteiger partial charge in [0.15, 0.2) is 5.82 Å². The number of aliphatic hydroxyl groups excluding tert-OH is 1. The Morgan fingerprint density at radius 1 is 1.13 bits per heavy atom. The third-order valence-electron chi connectivity index (χ3n) is 3.88. The fourth-order valence-corrected chi connectivity index (χ4v) is 4.40. The molecule has 0 saturated carbocycles. The third kappa shape index (κ3) is 5.03. The summed E-state index contributed by atoms with van der Waals surface area (Å²) in [7, 11) is -4.45. The summed E-state index contributed by atoms with van der Waals surface area (Å²) in [5, 5.41) is 9.02. The Kier molecular flexibility index (Phi) is 6.62. The predicted octanol–water partition coefficient (Wildman–Crippen LogP) is 3.34. The van der Waals surface area contributed by atoms with Crippen LogP contribution in [0.2, 0.25) is 10.0 Å². The van der Waals surface area contributed by atoms with Crippen molar-refractivity contribution in [2.24, 2.45) is 0 Å². The van der Waals surface area contributed by atoms with Gasteiger partial charge in [-0.2, -0.15) is 0 Å². The molecule has 0 amide bonds. The van der Waals surface area contributed by atoms with Gasteiger partial charge in [0.05, 0.1) is 28.4 Å². The van der Waals surface area contributed by atoms with E-state index in [0.29, 0.717) is 0 Å². The number of hydrogen-bond acceptors (Lipinski definition) is 6. The number of hydrogen-bond donors (Lipinski definition) is 3. The second-order valence-electron chi connectivity index (χ2n) is 6.00. The van der Waals surface area contributed by atoms with Crippen molar-refractivity contribution >= 4 is 44.9 Å². The Balaban J connectivity index is 2.01. The molecule has 0 bridgehead atoms. The van der Waals surface area contributed by atoms with Crippen LogP contribution in [0.5, 0.6) is 0 Å². The molecule has 4 N–H and O–H groups in total. The van der Waals surface area contributed by atoms with Crippen LogP contribution in [0.3, 0.4) is 0 Å². The Hall–Kier alpha value is -2.97. The van der Waals surface area contributed by atoms with Crippen LogP contribution in [-0.2, 0) is 16.6 Å². The number of sulfonamides is 1. The predicted molar refractivity (Wildman–Crippen MR) is 112 cm³/mol. The lowest BCUT2D eigenvalue weighted by atomic mass is 10.1. The first-order valence-corrected chi connectivity index (χ1v) is 10.6. The molecule has 0 radical (unpaired) electrons. The van der Waals surface area contributed by atoms with E-state index in [1.807, 2.05) is 4.72 Å². The van der Waals surface area contributed by atoms with E-state index < -0.39 is 44.4 Å². The lowest BCUT2D eigenvalue weighted by molar-refractivity contribution is 0.281. The number of nitrogens with one attached hydrogen (secondary N) is 1. The fourth-order valence-electron chi connectivity index (χ4n) is 2.41. The highest BCUT2D eigenvalue weighted by Gasteiger charge is 2.24. The number of nitrogen functional groups attached to an aromatic ring is 1. The molecule has 1 aromatic heterocycles. The molecule has 3 rings (SSSR count). The minimum Gasteiger partial charge on any atom is -0.392 e. The number of anilines is 2. The van der Waals surface area contributed by atoms with Gasteiger partial charge in [0.1, 0.15) is 10.7 Å². The summed E-state index contributed by atoms with van der Waals surface area (Å²) in [4.78, 5) is 6.93. The topological polar surface area (TPSA) is 118 Å². The SMILES string of the molecule is Nc1ncc(C#Cc2c(F)ccc(NS(=O)(=O)c3cc(Cl)cc(CO)c3Cl)c2F)cn1. The molecule has 0 fully saturated rings. The van der Waals surface area contributed by atoms with E-state index in [9.17, 15) is 22.3 Å². The van der Waals surface area contributed by atoms with Gasteiger partial charge in [0.2, 0.25) is 5.95 Å². The van der Waals surface area contributed by atoms with Crippen molar-refractivity contribution in [3.05, 3.63) is 75.0 Å². The summed E-state index contributed by atoms with van der Waals surface area (Å²) in [6.45, 7) is -0.568. The molecule has 7 nitrogen and oxygen atoms in total. The molecule has 0 aliphatic rings. The molecule has 160 valence electrons. The van der Waals surface area contributed by atoms with E-state index in [1.54, 1.807) is 0 Å². The normalized spacial score (nSPS) is 11.0. The summed E-state index contributed by atoms with van der Waals surface area (Å²) in [5.41, 5.74) is 4.41. The van der Waals surface area contributed by atoms with E-state index in [0.717, 1.165) is 18.2 Å². The minimum absolute atomic E-state index is 0.00310. The van der Waals surface area contributed by atoms with Gasteiger partial charge in [-0.1, -0.05) is 35.0 Å². The van der Waals surface area contributed by atoms with E-state index >= 15 is 0 Å². The monoisotopic (exact) mass is 484 g/mol. The van der Waals surface area contributed by atoms with Crippen LogP contribution in [0.15, 0.2) is 41.6 Å². The van der Waals surface area contributed by atoms with Gasteiger partial charge in [-0.3, -0.25) is 4.72 Å². The van der Waals surface area contributed by atoms with Crippen LogP contribution < -0.4 is 10.5 Å². The van der Waals surface area contributed by atoms with Crippen LogP contribution in [-0.4, -0.2) is 23.5 Å². The Bertz CT molecular complexity index is 1320. The van der Waals surface area contributed by atoms with Crippen molar-refractivity contribution in [1.82, 2.24) is 9.97 Å². The summed E-state index contributed by atoms with van der Waals surface area (Å²) in [5.74, 6) is 2.51. The summed E-state index contributed by atoms with van der Waals surface area (Å²) < 4.78 is 56.5. The molecule has 2 aromatic carbocycles. The maximum Gasteiger partial charge on any atom is 0.263 e. The molecule has 31 heavy (non-hydrogen) atoms. The van der Waals surface area contributed by atoms with Crippen molar-refractivity contribution in [3.63, 3.8) is 0 Å². The first-order chi connectivity index (χ1) is 14.6. The highest BCUT2D eigenvalue weighted by atomic mass is 35.5. The summed E-state index contributed by atoms with van der Waals surface area (Å²) >= 11 is 11.9. The van der Waals surface area contributed by atoms with E-state index in [1.165, 1.54) is 18.5 Å². The van der Waals surface area contributed by atoms with Crippen LogP contribution in [0.4, 0.5) is 20.4 Å². The average Bonchev–Trinajstić information content (AvgIpc) is 2.72. The largest absolute Gasteiger partial charge is 0.392 e. The molecular formula is C19H12Cl2F2N4O3S. The van der Waals surface area contributed by atoms with Crippen molar-refractivity contribution in [2.75, 3.05) is 10.5 Å². The van der Waals surface area contributed by atoms with Gasteiger partial charge in [0, 0.05) is 17.4 Å². The van der Waals surface area contributed by atoms with Gasteiger partial charge in [0.25, 0.3) is 10.0 Å². The molecule has 0 aliphatic carbocycles. The number of aliphatic hydroxyl groups is 1. The van der Waals surface area contributed by atoms with Crippen molar-refractivity contribution in [1.29, 1.82) is 0 Å². The fraction of sp³-hybridized carbons (Fsp3) is 0.0526. The highest BCUT2D eigenvalue weighted by molar-refractivity contribution is 7.92. The van der Waals surface area contributed by atoms with E-state index in [-0.39, 0.29) is 27.1 Å². The third-order valence-corrected chi connectivity index (χ3v) is 6.04. The molecule has 0 aliphatic heterocycles. The zero-order valence-electron chi connectivity index (χ0n) is 15.3.